The molecule has 0 N–H and O–H groups in total. The molecule has 0 atom stereocenters. The molecule has 0 radical (unpaired) electrons. The van der Waals surface area contributed by atoms with Gasteiger partial charge in [0.1, 0.15) is 11.2 Å². The summed E-state index contributed by atoms with van der Waals surface area (Å²) in [7, 11) is 0. The van der Waals surface area contributed by atoms with E-state index in [4.69, 9.17) is 4.42 Å². The van der Waals surface area contributed by atoms with E-state index in [1.165, 1.54) is 49.1 Å². The lowest BCUT2D eigenvalue weighted by Crippen LogP contribution is -1.94. The van der Waals surface area contributed by atoms with Gasteiger partial charge < -0.3 is 8.98 Å². The second-order valence-electron chi connectivity index (χ2n) is 9.40. The molecule has 2 heterocycles. The predicted molar refractivity (Wildman–Crippen MR) is 151 cm³/mol. The second kappa shape index (κ2) is 7.34. The lowest BCUT2D eigenvalue weighted by Gasteiger charge is -2.11. The first-order valence-corrected chi connectivity index (χ1v) is 12.3. The zero-order valence-electron chi connectivity index (χ0n) is 19.5. The Morgan fingerprint density at radius 1 is 0.444 bits per heavy atom. The standard InChI is InChI=1S/C34H21NO/c1-2-9-22(10-3-1)23-11-8-12-25(19-23)35-30-15-6-4-13-26(30)29-21-28-24(20-31(29)35)17-18-33-34(28)27-14-5-7-16-32(27)36-33/h1-21H. The third kappa shape index (κ3) is 2.73. The predicted octanol–water partition coefficient (Wildman–Crippen LogP) is 9.50. The van der Waals surface area contributed by atoms with Crippen molar-refractivity contribution >= 4 is 54.5 Å². The fourth-order valence-corrected chi connectivity index (χ4v) is 5.74. The van der Waals surface area contributed by atoms with Crippen molar-refractivity contribution in [1.29, 1.82) is 0 Å². The van der Waals surface area contributed by atoms with Crippen LogP contribution in [0.3, 0.4) is 0 Å². The lowest BCUT2D eigenvalue weighted by atomic mass is 10.0. The number of aromatic nitrogens is 1. The van der Waals surface area contributed by atoms with Gasteiger partial charge in [-0.15, -0.1) is 0 Å². The third-order valence-corrected chi connectivity index (χ3v) is 7.36. The van der Waals surface area contributed by atoms with E-state index in [0.717, 1.165) is 22.2 Å². The van der Waals surface area contributed by atoms with Crippen molar-refractivity contribution < 1.29 is 4.42 Å². The minimum atomic E-state index is 0.931. The van der Waals surface area contributed by atoms with Gasteiger partial charge in [0.05, 0.1) is 11.0 Å². The van der Waals surface area contributed by atoms with Gasteiger partial charge in [0.2, 0.25) is 0 Å². The molecule has 6 aromatic carbocycles. The zero-order valence-corrected chi connectivity index (χ0v) is 19.5. The van der Waals surface area contributed by atoms with Gasteiger partial charge >= 0.3 is 0 Å². The first-order valence-electron chi connectivity index (χ1n) is 12.3. The molecule has 36 heavy (non-hydrogen) atoms. The Bertz CT molecular complexity index is 2090. The molecule has 8 rings (SSSR count). The highest BCUT2D eigenvalue weighted by Crippen LogP contribution is 2.40. The molecule has 0 aliphatic heterocycles. The van der Waals surface area contributed by atoms with Crippen molar-refractivity contribution in [2.24, 2.45) is 0 Å². The fraction of sp³-hybridized carbons (Fsp3) is 0. The van der Waals surface area contributed by atoms with Crippen LogP contribution < -0.4 is 0 Å². The van der Waals surface area contributed by atoms with Crippen LogP contribution in [0, 0.1) is 0 Å². The van der Waals surface area contributed by atoms with Crippen LogP contribution in [0.2, 0.25) is 0 Å². The Hall–Kier alpha value is -4.82. The lowest BCUT2D eigenvalue weighted by molar-refractivity contribution is 0.669. The third-order valence-electron chi connectivity index (χ3n) is 7.36. The van der Waals surface area contributed by atoms with Crippen LogP contribution in [0.25, 0.3) is 71.3 Å². The van der Waals surface area contributed by atoms with E-state index in [0.29, 0.717) is 0 Å². The molecule has 0 unspecified atom stereocenters. The van der Waals surface area contributed by atoms with Gasteiger partial charge in [0.15, 0.2) is 0 Å². The Morgan fingerprint density at radius 3 is 2.14 bits per heavy atom. The number of hydrogen-bond acceptors (Lipinski definition) is 1. The Balaban J connectivity index is 1.48. The van der Waals surface area contributed by atoms with E-state index in [9.17, 15) is 0 Å². The molecule has 0 saturated carbocycles. The van der Waals surface area contributed by atoms with Gasteiger partial charge in [-0.05, 0) is 64.4 Å². The number of nitrogens with zero attached hydrogens (tertiary/aromatic N) is 1. The smallest absolute Gasteiger partial charge is 0.136 e. The molecule has 0 bridgehead atoms. The normalized spacial score (nSPS) is 11.9. The van der Waals surface area contributed by atoms with Gasteiger partial charge in [0.25, 0.3) is 0 Å². The highest BCUT2D eigenvalue weighted by molar-refractivity contribution is 6.23. The number of hydrogen-bond donors (Lipinski definition) is 0. The largest absolute Gasteiger partial charge is 0.456 e. The number of fused-ring (bicyclic) bond motifs is 8. The molecule has 0 spiro atoms. The Labute approximate surface area is 207 Å². The van der Waals surface area contributed by atoms with Crippen LogP contribution in [0.5, 0.6) is 0 Å². The van der Waals surface area contributed by atoms with Crippen molar-refractivity contribution in [3.05, 3.63) is 127 Å². The first kappa shape index (κ1) is 19.5. The summed E-state index contributed by atoms with van der Waals surface area (Å²) in [6.45, 7) is 0. The summed E-state index contributed by atoms with van der Waals surface area (Å²) in [5.41, 5.74) is 7.88. The molecule has 168 valence electrons. The minimum absolute atomic E-state index is 0.931. The summed E-state index contributed by atoms with van der Waals surface area (Å²) >= 11 is 0. The van der Waals surface area contributed by atoms with Crippen LogP contribution in [0.1, 0.15) is 0 Å². The molecule has 0 amide bonds. The molecule has 2 aromatic heterocycles. The number of rotatable bonds is 2. The van der Waals surface area contributed by atoms with Gasteiger partial charge in [-0.2, -0.15) is 0 Å². The minimum Gasteiger partial charge on any atom is -0.456 e. The molecule has 0 saturated heterocycles. The van der Waals surface area contributed by atoms with Crippen molar-refractivity contribution in [2.75, 3.05) is 0 Å². The van der Waals surface area contributed by atoms with E-state index >= 15 is 0 Å². The average molecular weight is 460 g/mol. The first-order chi connectivity index (χ1) is 17.8. The van der Waals surface area contributed by atoms with Gasteiger partial charge in [-0.1, -0.05) is 84.9 Å². The van der Waals surface area contributed by atoms with Crippen LogP contribution in [-0.2, 0) is 0 Å². The molecule has 2 heteroatoms. The molecule has 8 aromatic rings. The molecule has 0 fully saturated rings. The highest BCUT2D eigenvalue weighted by atomic mass is 16.3. The van der Waals surface area contributed by atoms with E-state index < -0.39 is 0 Å². The van der Waals surface area contributed by atoms with Crippen molar-refractivity contribution in [3.8, 4) is 16.8 Å². The van der Waals surface area contributed by atoms with E-state index in [-0.39, 0.29) is 0 Å². The maximum Gasteiger partial charge on any atom is 0.136 e. The summed E-state index contributed by atoms with van der Waals surface area (Å²) in [6, 6.07) is 45.4. The van der Waals surface area contributed by atoms with Crippen LogP contribution in [0.4, 0.5) is 0 Å². The summed E-state index contributed by atoms with van der Waals surface area (Å²) in [5, 5.41) is 7.30. The van der Waals surface area contributed by atoms with Crippen molar-refractivity contribution in [3.63, 3.8) is 0 Å². The van der Waals surface area contributed by atoms with Gasteiger partial charge in [-0.3, -0.25) is 0 Å². The van der Waals surface area contributed by atoms with Crippen LogP contribution in [0.15, 0.2) is 132 Å². The number of para-hydroxylation sites is 2. The topological polar surface area (TPSA) is 18.1 Å². The zero-order chi connectivity index (χ0) is 23.6. The van der Waals surface area contributed by atoms with E-state index in [1.807, 2.05) is 12.1 Å². The maximum absolute atomic E-state index is 6.18. The highest BCUT2D eigenvalue weighted by Gasteiger charge is 2.16. The maximum atomic E-state index is 6.18. The van der Waals surface area contributed by atoms with Crippen LogP contribution in [-0.4, -0.2) is 4.57 Å². The van der Waals surface area contributed by atoms with Crippen molar-refractivity contribution in [2.45, 2.75) is 0 Å². The monoisotopic (exact) mass is 459 g/mol. The summed E-state index contributed by atoms with van der Waals surface area (Å²) < 4.78 is 8.58. The molecule has 0 aliphatic carbocycles. The molecular formula is C34H21NO. The Morgan fingerprint density at radius 2 is 1.22 bits per heavy atom. The van der Waals surface area contributed by atoms with Crippen LogP contribution >= 0.6 is 0 Å². The summed E-state index contributed by atoms with van der Waals surface area (Å²) in [6.07, 6.45) is 0. The van der Waals surface area contributed by atoms with E-state index in [1.54, 1.807) is 0 Å². The van der Waals surface area contributed by atoms with Gasteiger partial charge in [-0.25, -0.2) is 0 Å². The van der Waals surface area contributed by atoms with Gasteiger partial charge in [0, 0.05) is 27.2 Å². The summed E-state index contributed by atoms with van der Waals surface area (Å²) in [5.74, 6) is 0. The molecule has 0 aliphatic rings. The average Bonchev–Trinajstić information content (AvgIpc) is 3.48. The van der Waals surface area contributed by atoms with E-state index in [2.05, 4.69) is 120 Å². The molecular weight excluding hydrogens is 438 g/mol. The SMILES string of the molecule is c1ccc(-c2cccc(-n3c4ccccc4c4cc5c(ccc6oc7ccccc7c65)cc43)c2)cc1. The molecule has 2 nitrogen and oxygen atoms in total. The number of benzene rings is 6. The van der Waals surface area contributed by atoms with Crippen molar-refractivity contribution in [1.82, 2.24) is 4.57 Å². The fourth-order valence-electron chi connectivity index (χ4n) is 5.74. The number of furan rings is 1. The Kier molecular flexibility index (Phi) is 3.97. The summed E-state index contributed by atoms with van der Waals surface area (Å²) in [4.78, 5) is 0. The quantitative estimate of drug-likeness (QED) is 0.252. The second-order valence-corrected chi connectivity index (χ2v) is 9.40.